The number of nitrogens with zero attached hydrogens (tertiary/aromatic N) is 3. The van der Waals surface area contributed by atoms with E-state index in [-0.39, 0.29) is 0 Å². The molecular weight excluding hydrogens is 282 g/mol. The van der Waals surface area contributed by atoms with Gasteiger partial charge in [-0.25, -0.2) is 9.59 Å². The molecule has 1 heterocycles. The van der Waals surface area contributed by atoms with E-state index in [2.05, 4.69) is 25.4 Å². The first-order chi connectivity index (χ1) is 9.63. The van der Waals surface area contributed by atoms with E-state index in [0.717, 1.165) is 17.6 Å². The van der Waals surface area contributed by atoms with Crippen LogP contribution >= 0.6 is 11.5 Å². The van der Waals surface area contributed by atoms with Crippen LogP contribution in [0.25, 0.3) is 6.08 Å². The highest BCUT2D eigenvalue weighted by Gasteiger charge is 2.05. The van der Waals surface area contributed by atoms with E-state index in [1.54, 1.807) is 24.3 Å². The minimum Gasteiger partial charge on any atom is -0.478 e. The third-order valence-corrected chi connectivity index (χ3v) is 2.62. The van der Waals surface area contributed by atoms with Gasteiger partial charge in [-0.3, -0.25) is 5.32 Å². The van der Waals surface area contributed by atoms with Crippen LogP contribution in [0.5, 0.6) is 0 Å². The highest BCUT2D eigenvalue weighted by Crippen LogP contribution is 2.12. The minimum atomic E-state index is -1.02. The summed E-state index contributed by atoms with van der Waals surface area (Å²) in [6, 6.07) is 6.21. The molecule has 0 bridgehead atoms. The topological polar surface area (TPSA) is 117 Å². The molecule has 0 atom stereocenters. The van der Waals surface area contributed by atoms with Gasteiger partial charge in [-0.2, -0.15) is 0 Å². The number of carbonyl (C=O) groups excluding carboxylic acids is 1. The van der Waals surface area contributed by atoms with E-state index in [0.29, 0.717) is 16.4 Å². The number of benzene rings is 1. The summed E-state index contributed by atoms with van der Waals surface area (Å²) < 4.78 is 3.51. The Morgan fingerprint density at radius 2 is 1.95 bits per heavy atom. The average molecular weight is 291 g/mol. The molecule has 0 spiro atoms. The Bertz CT molecular complexity index is 624. The van der Waals surface area contributed by atoms with Gasteiger partial charge < -0.3 is 10.4 Å². The van der Waals surface area contributed by atoms with Gasteiger partial charge in [0.05, 0.1) is 0 Å². The van der Waals surface area contributed by atoms with Crippen molar-refractivity contribution in [1.29, 1.82) is 0 Å². The number of carboxylic acid groups (broad SMARTS) is 1. The van der Waals surface area contributed by atoms with Gasteiger partial charge in [0.15, 0.2) is 0 Å². The Morgan fingerprint density at radius 1 is 1.20 bits per heavy atom. The number of hydrogen-bond acceptors (Lipinski definition) is 6. The van der Waals surface area contributed by atoms with Crippen LogP contribution in [0.4, 0.5) is 15.6 Å². The van der Waals surface area contributed by atoms with Crippen LogP contribution in [0.3, 0.4) is 0 Å². The maximum Gasteiger partial charge on any atom is 0.328 e. The van der Waals surface area contributed by atoms with Crippen LogP contribution in [0.2, 0.25) is 0 Å². The third kappa shape index (κ3) is 4.14. The lowest BCUT2D eigenvalue weighted by Gasteiger charge is -2.04. The Morgan fingerprint density at radius 3 is 2.55 bits per heavy atom. The molecule has 9 heteroatoms. The van der Waals surface area contributed by atoms with Crippen molar-refractivity contribution >= 4 is 40.4 Å². The van der Waals surface area contributed by atoms with Crippen LogP contribution in [0.1, 0.15) is 5.56 Å². The van der Waals surface area contributed by atoms with Crippen LogP contribution < -0.4 is 10.6 Å². The molecule has 0 saturated heterocycles. The highest BCUT2D eigenvalue weighted by atomic mass is 32.1. The Hall–Kier alpha value is -2.81. The van der Waals surface area contributed by atoms with Gasteiger partial charge in [0.25, 0.3) is 0 Å². The number of rotatable bonds is 4. The first kappa shape index (κ1) is 13.6. The fraction of sp³-hybridized carbons (Fsp3) is 0. The van der Waals surface area contributed by atoms with E-state index in [1.165, 1.54) is 6.08 Å². The molecule has 0 aliphatic rings. The number of anilines is 2. The van der Waals surface area contributed by atoms with Gasteiger partial charge in [-0.15, -0.1) is 0 Å². The van der Waals surface area contributed by atoms with Crippen molar-refractivity contribution in [2.75, 3.05) is 10.6 Å². The largest absolute Gasteiger partial charge is 0.478 e. The molecule has 2 amide bonds. The molecule has 0 aliphatic carbocycles. The first-order valence-electron chi connectivity index (χ1n) is 5.37. The minimum absolute atomic E-state index is 0.295. The maximum absolute atomic E-state index is 11.6. The third-order valence-electron chi connectivity index (χ3n) is 2.11. The molecule has 8 nitrogen and oxygen atoms in total. The van der Waals surface area contributed by atoms with Crippen LogP contribution in [0.15, 0.2) is 30.3 Å². The summed E-state index contributed by atoms with van der Waals surface area (Å²) in [7, 11) is 0. The van der Waals surface area contributed by atoms with Crippen LogP contribution in [-0.2, 0) is 4.79 Å². The van der Waals surface area contributed by atoms with Crippen molar-refractivity contribution in [2.45, 2.75) is 0 Å². The smallest absolute Gasteiger partial charge is 0.328 e. The summed E-state index contributed by atoms with van der Waals surface area (Å²) in [5, 5.41) is 20.8. The number of amides is 2. The van der Waals surface area contributed by atoms with Crippen molar-refractivity contribution in [3.8, 4) is 0 Å². The zero-order chi connectivity index (χ0) is 14.4. The molecule has 20 heavy (non-hydrogen) atoms. The molecule has 3 N–H and O–H groups in total. The molecule has 0 aliphatic heterocycles. The summed E-state index contributed by atoms with van der Waals surface area (Å²) in [5.41, 5.74) is 1.28. The second-order valence-corrected chi connectivity index (χ2v) is 4.27. The van der Waals surface area contributed by atoms with E-state index < -0.39 is 12.0 Å². The van der Waals surface area contributed by atoms with Gasteiger partial charge in [0.1, 0.15) is 0 Å². The maximum atomic E-state index is 11.6. The quantitative estimate of drug-likeness (QED) is 0.738. The Balaban J connectivity index is 1.93. The summed E-state index contributed by atoms with van der Waals surface area (Å²) in [6.07, 6.45) is 2.50. The van der Waals surface area contributed by atoms with Gasteiger partial charge in [0.2, 0.25) is 5.13 Å². The summed E-state index contributed by atoms with van der Waals surface area (Å²) in [5.74, 6) is -1.02. The number of nitrogens with one attached hydrogen (secondary N) is 2. The molecule has 0 fully saturated rings. The molecule has 1 aromatic carbocycles. The summed E-state index contributed by atoms with van der Waals surface area (Å²) in [4.78, 5) is 21.9. The molecule has 2 aromatic rings. The van der Waals surface area contributed by atoms with Crippen LogP contribution in [0, 0.1) is 0 Å². The number of aromatic nitrogens is 3. The molecule has 102 valence electrons. The summed E-state index contributed by atoms with van der Waals surface area (Å²) >= 11 is 0.965. The van der Waals surface area contributed by atoms with Crippen LogP contribution in [-0.4, -0.2) is 31.9 Å². The standard InChI is InChI=1S/C11H9N5O3S/c17-9(18)6-3-7-1-4-8(5-2-7)12-10(19)13-11-14-15-16-20-11/h1-6H,(H,17,18)(H2,12,13,14,16,19)/b6-3+. The van der Waals surface area contributed by atoms with Crippen molar-refractivity contribution in [2.24, 2.45) is 0 Å². The monoisotopic (exact) mass is 291 g/mol. The number of hydrogen-bond donors (Lipinski definition) is 3. The second-order valence-electron chi connectivity index (χ2n) is 3.54. The highest BCUT2D eigenvalue weighted by molar-refractivity contribution is 7.09. The Labute approximate surface area is 117 Å². The zero-order valence-electron chi connectivity index (χ0n) is 9.98. The molecule has 0 saturated carbocycles. The normalized spacial score (nSPS) is 10.4. The number of aliphatic carboxylic acids is 1. The summed E-state index contributed by atoms with van der Waals surface area (Å²) in [6.45, 7) is 0. The van der Waals surface area contributed by atoms with E-state index in [9.17, 15) is 9.59 Å². The van der Waals surface area contributed by atoms with Gasteiger partial charge in [0, 0.05) is 23.3 Å². The zero-order valence-corrected chi connectivity index (χ0v) is 10.8. The van der Waals surface area contributed by atoms with Crippen molar-refractivity contribution < 1.29 is 14.7 Å². The predicted molar refractivity (Wildman–Crippen MR) is 73.5 cm³/mol. The van der Waals surface area contributed by atoms with Gasteiger partial charge in [-0.1, -0.05) is 21.7 Å². The predicted octanol–water partition coefficient (Wildman–Crippen LogP) is 1.67. The van der Waals surface area contributed by atoms with Gasteiger partial charge in [-0.05, 0) is 29.0 Å². The molecule has 0 radical (unpaired) electrons. The van der Waals surface area contributed by atoms with E-state index >= 15 is 0 Å². The Kier molecular flexibility index (Phi) is 4.35. The lowest BCUT2D eigenvalue weighted by molar-refractivity contribution is -0.131. The van der Waals surface area contributed by atoms with Crippen molar-refractivity contribution in [3.05, 3.63) is 35.9 Å². The fourth-order valence-corrected chi connectivity index (χ4v) is 1.65. The number of urea groups is 1. The second kappa shape index (κ2) is 6.38. The number of carbonyl (C=O) groups is 2. The van der Waals surface area contributed by atoms with Crippen molar-refractivity contribution in [3.63, 3.8) is 0 Å². The SMILES string of the molecule is O=C(O)/C=C/c1ccc(NC(=O)Nc2nnns2)cc1. The fourth-order valence-electron chi connectivity index (χ4n) is 1.29. The van der Waals surface area contributed by atoms with Gasteiger partial charge >= 0.3 is 12.0 Å². The molecule has 1 aromatic heterocycles. The lowest BCUT2D eigenvalue weighted by Crippen LogP contribution is -2.19. The first-order valence-corrected chi connectivity index (χ1v) is 6.15. The van der Waals surface area contributed by atoms with E-state index in [1.807, 2.05) is 0 Å². The number of carboxylic acids is 1. The lowest BCUT2D eigenvalue weighted by atomic mass is 10.2. The average Bonchev–Trinajstić information content (AvgIpc) is 2.90. The van der Waals surface area contributed by atoms with E-state index in [4.69, 9.17) is 5.11 Å². The molecular formula is C11H9N5O3S. The molecule has 2 rings (SSSR count). The molecule has 0 unspecified atom stereocenters. The van der Waals surface area contributed by atoms with Crippen molar-refractivity contribution in [1.82, 2.24) is 14.8 Å².